The van der Waals surface area contributed by atoms with Crippen LogP contribution in [0.15, 0.2) is 59.5 Å². The first-order valence-electron chi connectivity index (χ1n) is 6.04. The molecule has 2 aromatic heterocycles. The van der Waals surface area contributed by atoms with Crippen molar-refractivity contribution in [3.8, 4) is 28.4 Å². The van der Waals surface area contributed by atoms with Crippen LogP contribution in [0, 0.1) is 0 Å². The van der Waals surface area contributed by atoms with Gasteiger partial charge in [-0.3, -0.25) is 4.98 Å². The molecule has 20 heavy (non-hydrogen) atoms. The van der Waals surface area contributed by atoms with Gasteiger partial charge >= 0.3 is 5.69 Å². The van der Waals surface area contributed by atoms with Crippen LogP contribution in [0.25, 0.3) is 22.6 Å². The third kappa shape index (κ3) is 2.42. The third-order valence-corrected chi connectivity index (χ3v) is 2.83. The van der Waals surface area contributed by atoms with E-state index < -0.39 is 5.69 Å². The number of pyridine rings is 1. The fraction of sp³-hybridized carbons (Fsp3) is 0. The number of hydrogen-bond acceptors (Lipinski definition) is 4. The van der Waals surface area contributed by atoms with Crippen molar-refractivity contribution in [3.63, 3.8) is 0 Å². The molecule has 98 valence electrons. The van der Waals surface area contributed by atoms with Crippen LogP contribution in [0.2, 0.25) is 0 Å². The molecule has 0 saturated carbocycles. The molecule has 3 rings (SSSR count). The summed E-state index contributed by atoms with van der Waals surface area (Å²) in [5.41, 5.74) is 1.96. The zero-order valence-electron chi connectivity index (χ0n) is 10.4. The molecule has 0 fully saturated rings. The molecule has 5 heteroatoms. The van der Waals surface area contributed by atoms with E-state index in [1.54, 1.807) is 48.7 Å². The zero-order chi connectivity index (χ0) is 13.9. The molecule has 1 aromatic carbocycles. The molecule has 0 aliphatic rings. The van der Waals surface area contributed by atoms with Gasteiger partial charge < -0.3 is 10.1 Å². The van der Waals surface area contributed by atoms with E-state index in [0.717, 1.165) is 0 Å². The maximum Gasteiger partial charge on any atom is 0.346 e. The van der Waals surface area contributed by atoms with Crippen molar-refractivity contribution in [1.29, 1.82) is 0 Å². The van der Waals surface area contributed by atoms with Crippen LogP contribution in [0.5, 0.6) is 5.75 Å². The SMILES string of the molecule is O=c1nc(-c2cccc(O)c2)cc(-c2ccccn2)[nH]1. The number of H-pyrrole nitrogens is 1. The molecule has 0 aliphatic carbocycles. The van der Waals surface area contributed by atoms with Crippen molar-refractivity contribution < 1.29 is 5.11 Å². The standard InChI is InChI=1S/C15H11N3O2/c19-11-5-3-4-10(8-11)13-9-14(18-15(20)17-13)12-6-1-2-7-16-12/h1-9,19H,(H,17,18,20). The van der Waals surface area contributed by atoms with Crippen molar-refractivity contribution in [2.75, 3.05) is 0 Å². The molecule has 3 aromatic rings. The Morgan fingerprint density at radius 3 is 2.65 bits per heavy atom. The summed E-state index contributed by atoms with van der Waals surface area (Å²) in [5.74, 6) is 0.129. The van der Waals surface area contributed by atoms with Crippen LogP contribution in [0.3, 0.4) is 0 Å². The number of nitrogens with zero attached hydrogens (tertiary/aromatic N) is 2. The second-order valence-electron chi connectivity index (χ2n) is 4.25. The van der Waals surface area contributed by atoms with Gasteiger partial charge in [0.15, 0.2) is 0 Å². The average Bonchev–Trinajstić information content (AvgIpc) is 2.47. The highest BCUT2D eigenvalue weighted by Crippen LogP contribution is 2.23. The lowest BCUT2D eigenvalue weighted by Gasteiger charge is -2.04. The van der Waals surface area contributed by atoms with E-state index in [1.807, 2.05) is 6.07 Å². The van der Waals surface area contributed by atoms with Gasteiger partial charge in [-0.25, -0.2) is 4.79 Å². The lowest BCUT2D eigenvalue weighted by molar-refractivity contribution is 0.475. The average molecular weight is 265 g/mol. The molecule has 2 heterocycles. The Morgan fingerprint density at radius 2 is 1.90 bits per heavy atom. The smallest absolute Gasteiger partial charge is 0.346 e. The summed E-state index contributed by atoms with van der Waals surface area (Å²) in [5, 5.41) is 9.50. The first-order chi connectivity index (χ1) is 9.72. The fourth-order valence-corrected chi connectivity index (χ4v) is 1.93. The van der Waals surface area contributed by atoms with Gasteiger partial charge in [0.25, 0.3) is 0 Å². The summed E-state index contributed by atoms with van der Waals surface area (Å²) in [4.78, 5) is 22.5. The number of aromatic amines is 1. The number of hydrogen-bond donors (Lipinski definition) is 2. The number of benzene rings is 1. The lowest BCUT2D eigenvalue weighted by atomic mass is 10.1. The normalized spacial score (nSPS) is 10.4. The Balaban J connectivity index is 2.15. The molecule has 2 N–H and O–H groups in total. The number of phenolic OH excluding ortho intramolecular Hbond substituents is 1. The van der Waals surface area contributed by atoms with Crippen LogP contribution >= 0.6 is 0 Å². The van der Waals surface area contributed by atoms with Gasteiger partial charge in [-0.2, -0.15) is 4.98 Å². The van der Waals surface area contributed by atoms with Crippen LogP contribution in [0.4, 0.5) is 0 Å². The van der Waals surface area contributed by atoms with Crippen molar-refractivity contribution in [3.05, 3.63) is 65.2 Å². The number of aromatic nitrogens is 3. The van der Waals surface area contributed by atoms with Crippen LogP contribution in [-0.4, -0.2) is 20.1 Å². The van der Waals surface area contributed by atoms with Gasteiger partial charge in [0, 0.05) is 11.8 Å². The Hall–Kier alpha value is -2.95. The highest BCUT2D eigenvalue weighted by molar-refractivity contribution is 5.66. The van der Waals surface area contributed by atoms with Crippen molar-refractivity contribution in [2.24, 2.45) is 0 Å². The second kappa shape index (κ2) is 4.97. The first-order valence-corrected chi connectivity index (χ1v) is 6.04. The molecule has 0 radical (unpaired) electrons. The van der Waals surface area contributed by atoms with Crippen LogP contribution in [0.1, 0.15) is 0 Å². The van der Waals surface area contributed by atoms with Crippen molar-refractivity contribution in [1.82, 2.24) is 15.0 Å². The summed E-state index contributed by atoms with van der Waals surface area (Å²) in [6.45, 7) is 0. The predicted octanol–water partition coefficient (Wildman–Crippen LogP) is 2.20. The maximum absolute atomic E-state index is 11.7. The first kappa shape index (κ1) is 12.1. The molecular formula is C15H11N3O2. The van der Waals surface area contributed by atoms with Gasteiger partial charge in [0.05, 0.1) is 17.1 Å². The minimum Gasteiger partial charge on any atom is -0.508 e. The predicted molar refractivity (Wildman–Crippen MR) is 75.2 cm³/mol. The van der Waals surface area contributed by atoms with Gasteiger partial charge in [0.1, 0.15) is 5.75 Å². The third-order valence-electron chi connectivity index (χ3n) is 2.83. The quantitative estimate of drug-likeness (QED) is 0.744. The monoisotopic (exact) mass is 265 g/mol. The van der Waals surface area contributed by atoms with E-state index in [0.29, 0.717) is 22.6 Å². The number of phenols is 1. The summed E-state index contributed by atoms with van der Waals surface area (Å²) >= 11 is 0. The summed E-state index contributed by atoms with van der Waals surface area (Å²) < 4.78 is 0. The molecule has 0 spiro atoms. The molecule has 0 atom stereocenters. The molecule has 0 aliphatic heterocycles. The van der Waals surface area contributed by atoms with E-state index in [9.17, 15) is 9.90 Å². The van der Waals surface area contributed by atoms with Gasteiger partial charge in [-0.1, -0.05) is 18.2 Å². The van der Waals surface area contributed by atoms with E-state index in [4.69, 9.17) is 0 Å². The van der Waals surface area contributed by atoms with Crippen molar-refractivity contribution >= 4 is 0 Å². The minimum absolute atomic E-state index is 0.129. The number of nitrogens with one attached hydrogen (secondary N) is 1. The molecule has 0 unspecified atom stereocenters. The Labute approximate surface area is 114 Å². The Kier molecular flexibility index (Phi) is 3.01. The maximum atomic E-state index is 11.7. The highest BCUT2D eigenvalue weighted by Gasteiger charge is 2.06. The molecule has 0 bridgehead atoms. The van der Waals surface area contributed by atoms with E-state index in [1.165, 1.54) is 0 Å². The molecule has 0 saturated heterocycles. The lowest BCUT2D eigenvalue weighted by Crippen LogP contribution is -2.12. The topological polar surface area (TPSA) is 78.9 Å². The number of aromatic hydroxyl groups is 1. The summed E-state index contributed by atoms with van der Waals surface area (Å²) in [6.07, 6.45) is 1.65. The molecule has 0 amide bonds. The summed E-state index contributed by atoms with van der Waals surface area (Å²) in [7, 11) is 0. The van der Waals surface area contributed by atoms with Gasteiger partial charge in [-0.05, 0) is 30.3 Å². The molecular weight excluding hydrogens is 254 g/mol. The van der Waals surface area contributed by atoms with E-state index >= 15 is 0 Å². The summed E-state index contributed by atoms with van der Waals surface area (Å²) in [6, 6.07) is 13.8. The van der Waals surface area contributed by atoms with E-state index in [2.05, 4.69) is 15.0 Å². The van der Waals surface area contributed by atoms with Crippen LogP contribution in [-0.2, 0) is 0 Å². The van der Waals surface area contributed by atoms with Gasteiger partial charge in [-0.15, -0.1) is 0 Å². The second-order valence-corrected chi connectivity index (χ2v) is 4.25. The number of rotatable bonds is 2. The Morgan fingerprint density at radius 1 is 1.00 bits per heavy atom. The molecule has 5 nitrogen and oxygen atoms in total. The Bertz CT molecular complexity index is 797. The van der Waals surface area contributed by atoms with Crippen molar-refractivity contribution in [2.45, 2.75) is 0 Å². The van der Waals surface area contributed by atoms with Crippen LogP contribution < -0.4 is 5.69 Å². The highest BCUT2D eigenvalue weighted by atomic mass is 16.3. The van der Waals surface area contributed by atoms with E-state index in [-0.39, 0.29) is 5.75 Å². The minimum atomic E-state index is -0.452. The zero-order valence-corrected chi connectivity index (χ0v) is 10.4. The van der Waals surface area contributed by atoms with Gasteiger partial charge in [0.2, 0.25) is 0 Å². The fourth-order valence-electron chi connectivity index (χ4n) is 1.93. The largest absolute Gasteiger partial charge is 0.508 e.